The third-order valence-electron chi connectivity index (χ3n) is 4.15. The van der Waals surface area contributed by atoms with Gasteiger partial charge in [0, 0.05) is 5.69 Å². The van der Waals surface area contributed by atoms with Gasteiger partial charge in [0.15, 0.2) is 5.82 Å². The number of hydrogen-bond acceptors (Lipinski definition) is 3. The molecule has 2 heterocycles. The van der Waals surface area contributed by atoms with Crippen LogP contribution in [0, 0.1) is 20.8 Å². The highest BCUT2D eigenvalue weighted by Crippen LogP contribution is 2.24. The zero-order valence-electron chi connectivity index (χ0n) is 13.3. The van der Waals surface area contributed by atoms with Gasteiger partial charge in [-0.25, -0.2) is 4.98 Å². The van der Waals surface area contributed by atoms with Crippen LogP contribution in [0.2, 0.25) is 0 Å². The quantitative estimate of drug-likeness (QED) is 0.613. The first-order valence-electron chi connectivity index (χ1n) is 7.58. The summed E-state index contributed by atoms with van der Waals surface area (Å²) in [5.41, 5.74) is 5.47. The highest BCUT2D eigenvalue weighted by Gasteiger charge is 2.16. The van der Waals surface area contributed by atoms with Crippen molar-refractivity contribution in [3.05, 3.63) is 59.4 Å². The van der Waals surface area contributed by atoms with E-state index in [0.29, 0.717) is 0 Å². The Kier molecular flexibility index (Phi) is 3.01. The van der Waals surface area contributed by atoms with Gasteiger partial charge in [-0.3, -0.25) is 4.57 Å². The summed E-state index contributed by atoms with van der Waals surface area (Å²) in [7, 11) is 0. The van der Waals surface area contributed by atoms with Gasteiger partial charge in [0.05, 0.1) is 11.0 Å². The van der Waals surface area contributed by atoms with Gasteiger partial charge in [-0.05, 0) is 56.2 Å². The lowest BCUT2D eigenvalue weighted by atomic mass is 10.1. The number of benzene rings is 2. The van der Waals surface area contributed by atoms with Crippen LogP contribution in [0.3, 0.4) is 0 Å². The standard InChI is InChI=1S/C18H17N5/c1-11-9-15-16(10-12(11)2)20-17(19-15)18-22-21-13(3)23(18)14-7-5-4-6-8-14/h4-10H,1-3H3,(H,19,20). The molecule has 23 heavy (non-hydrogen) atoms. The number of nitrogens with zero attached hydrogens (tertiary/aromatic N) is 4. The van der Waals surface area contributed by atoms with Gasteiger partial charge >= 0.3 is 0 Å². The molecule has 0 aliphatic carbocycles. The monoisotopic (exact) mass is 303 g/mol. The fourth-order valence-corrected chi connectivity index (χ4v) is 2.78. The normalized spacial score (nSPS) is 11.3. The van der Waals surface area contributed by atoms with Crippen LogP contribution >= 0.6 is 0 Å². The van der Waals surface area contributed by atoms with E-state index in [0.717, 1.165) is 34.2 Å². The summed E-state index contributed by atoms with van der Waals surface area (Å²) in [6.07, 6.45) is 0. The molecule has 0 unspecified atom stereocenters. The van der Waals surface area contributed by atoms with Crippen molar-refractivity contribution in [2.75, 3.05) is 0 Å². The number of aromatic nitrogens is 5. The van der Waals surface area contributed by atoms with Crippen molar-refractivity contribution in [1.29, 1.82) is 0 Å². The molecule has 0 aliphatic heterocycles. The Hall–Kier alpha value is -2.95. The highest BCUT2D eigenvalue weighted by molar-refractivity contribution is 5.80. The number of fused-ring (bicyclic) bond motifs is 1. The van der Waals surface area contributed by atoms with Crippen LogP contribution in [-0.2, 0) is 0 Å². The first kappa shape index (κ1) is 13.7. The summed E-state index contributed by atoms with van der Waals surface area (Å²) in [6.45, 7) is 6.14. The van der Waals surface area contributed by atoms with E-state index in [2.05, 4.69) is 41.2 Å². The van der Waals surface area contributed by atoms with E-state index in [1.54, 1.807) is 0 Å². The van der Waals surface area contributed by atoms with Crippen molar-refractivity contribution in [2.24, 2.45) is 0 Å². The topological polar surface area (TPSA) is 59.4 Å². The number of hydrogen-bond donors (Lipinski definition) is 1. The Morgan fingerprint density at radius 3 is 2.43 bits per heavy atom. The number of nitrogens with one attached hydrogen (secondary N) is 1. The molecule has 2 aromatic heterocycles. The molecule has 0 spiro atoms. The fraction of sp³-hybridized carbons (Fsp3) is 0.167. The Morgan fingerprint density at radius 2 is 1.65 bits per heavy atom. The minimum Gasteiger partial charge on any atom is -0.335 e. The lowest BCUT2D eigenvalue weighted by Crippen LogP contribution is -2.00. The number of H-pyrrole nitrogens is 1. The maximum absolute atomic E-state index is 4.71. The summed E-state index contributed by atoms with van der Waals surface area (Å²) in [5, 5.41) is 8.55. The number of para-hydroxylation sites is 1. The molecule has 114 valence electrons. The first-order valence-corrected chi connectivity index (χ1v) is 7.58. The Morgan fingerprint density at radius 1 is 0.913 bits per heavy atom. The predicted molar refractivity (Wildman–Crippen MR) is 90.7 cm³/mol. The van der Waals surface area contributed by atoms with Crippen molar-refractivity contribution >= 4 is 11.0 Å². The zero-order valence-corrected chi connectivity index (χ0v) is 13.3. The molecule has 4 rings (SSSR count). The molecule has 0 saturated heterocycles. The number of aryl methyl sites for hydroxylation is 3. The van der Waals surface area contributed by atoms with E-state index in [1.807, 2.05) is 41.8 Å². The van der Waals surface area contributed by atoms with Gasteiger partial charge in [-0.1, -0.05) is 18.2 Å². The van der Waals surface area contributed by atoms with Crippen molar-refractivity contribution < 1.29 is 0 Å². The van der Waals surface area contributed by atoms with Crippen LogP contribution < -0.4 is 0 Å². The molecular weight excluding hydrogens is 286 g/mol. The van der Waals surface area contributed by atoms with Crippen LogP contribution in [0.1, 0.15) is 17.0 Å². The smallest absolute Gasteiger partial charge is 0.204 e. The SMILES string of the molecule is Cc1cc2nc(-c3nnc(C)n3-c3ccccc3)[nH]c2cc1C. The largest absolute Gasteiger partial charge is 0.335 e. The highest BCUT2D eigenvalue weighted by atomic mass is 15.3. The third-order valence-corrected chi connectivity index (χ3v) is 4.15. The minimum absolute atomic E-state index is 0.722. The molecule has 5 heteroatoms. The lowest BCUT2D eigenvalue weighted by molar-refractivity contribution is 0.968. The van der Waals surface area contributed by atoms with Crippen LogP contribution in [0.4, 0.5) is 0 Å². The average molecular weight is 303 g/mol. The van der Waals surface area contributed by atoms with Crippen LogP contribution in [-0.4, -0.2) is 24.7 Å². The van der Waals surface area contributed by atoms with Crippen LogP contribution in [0.25, 0.3) is 28.4 Å². The second kappa shape index (κ2) is 5.05. The van der Waals surface area contributed by atoms with E-state index in [-0.39, 0.29) is 0 Å². The van der Waals surface area contributed by atoms with E-state index in [1.165, 1.54) is 11.1 Å². The molecule has 1 N–H and O–H groups in total. The molecule has 0 saturated carbocycles. The van der Waals surface area contributed by atoms with Crippen LogP contribution in [0.5, 0.6) is 0 Å². The molecule has 5 nitrogen and oxygen atoms in total. The van der Waals surface area contributed by atoms with E-state index < -0.39 is 0 Å². The van der Waals surface area contributed by atoms with E-state index in [9.17, 15) is 0 Å². The first-order chi connectivity index (χ1) is 11.1. The zero-order chi connectivity index (χ0) is 16.0. The molecule has 0 atom stereocenters. The second-order valence-corrected chi connectivity index (χ2v) is 5.78. The van der Waals surface area contributed by atoms with Gasteiger partial charge in [-0.2, -0.15) is 0 Å². The third kappa shape index (κ3) is 2.21. The molecular formula is C18H17N5. The molecule has 4 aromatic rings. The van der Waals surface area contributed by atoms with Crippen LogP contribution in [0.15, 0.2) is 42.5 Å². The number of aromatic amines is 1. The molecule has 0 aliphatic rings. The Bertz CT molecular complexity index is 956. The number of rotatable bonds is 2. The van der Waals surface area contributed by atoms with Crippen molar-refractivity contribution in [3.63, 3.8) is 0 Å². The molecule has 0 radical (unpaired) electrons. The van der Waals surface area contributed by atoms with Crippen molar-refractivity contribution in [2.45, 2.75) is 20.8 Å². The summed E-state index contributed by atoms with van der Waals surface area (Å²) in [6, 6.07) is 14.3. The Balaban J connectivity index is 1.92. The molecule has 0 amide bonds. The number of imidazole rings is 1. The fourth-order valence-electron chi connectivity index (χ4n) is 2.78. The molecule has 2 aromatic carbocycles. The van der Waals surface area contributed by atoms with E-state index in [4.69, 9.17) is 4.98 Å². The van der Waals surface area contributed by atoms with Gasteiger partial charge in [0.25, 0.3) is 0 Å². The average Bonchev–Trinajstić information content (AvgIpc) is 3.12. The maximum atomic E-state index is 4.71. The van der Waals surface area contributed by atoms with Gasteiger partial charge in [-0.15, -0.1) is 10.2 Å². The van der Waals surface area contributed by atoms with Crippen molar-refractivity contribution in [3.8, 4) is 17.3 Å². The lowest BCUT2D eigenvalue weighted by Gasteiger charge is -2.06. The second-order valence-electron chi connectivity index (χ2n) is 5.78. The summed E-state index contributed by atoms with van der Waals surface area (Å²) in [4.78, 5) is 8.07. The summed E-state index contributed by atoms with van der Waals surface area (Å²) in [5.74, 6) is 2.29. The van der Waals surface area contributed by atoms with E-state index >= 15 is 0 Å². The van der Waals surface area contributed by atoms with Gasteiger partial charge in [0.2, 0.25) is 5.82 Å². The maximum Gasteiger partial charge on any atom is 0.204 e. The minimum atomic E-state index is 0.722. The predicted octanol–water partition coefficient (Wildman–Crippen LogP) is 3.74. The van der Waals surface area contributed by atoms with Gasteiger partial charge < -0.3 is 4.98 Å². The Labute approximate surface area is 134 Å². The summed E-state index contributed by atoms with van der Waals surface area (Å²) >= 11 is 0. The summed E-state index contributed by atoms with van der Waals surface area (Å²) < 4.78 is 2.01. The molecule has 0 bridgehead atoms. The molecule has 0 fully saturated rings. The van der Waals surface area contributed by atoms with Gasteiger partial charge in [0.1, 0.15) is 5.82 Å². The van der Waals surface area contributed by atoms with Crippen molar-refractivity contribution in [1.82, 2.24) is 24.7 Å².